The van der Waals surface area contributed by atoms with Gasteiger partial charge in [-0.25, -0.2) is 0 Å². The normalized spacial score (nSPS) is 10.8. The molecule has 1 aromatic heterocycles. The van der Waals surface area contributed by atoms with E-state index in [1.807, 2.05) is 54.6 Å². The first kappa shape index (κ1) is 14.5. The third-order valence-corrected chi connectivity index (χ3v) is 3.81. The zero-order chi connectivity index (χ0) is 16.2. The van der Waals surface area contributed by atoms with Crippen molar-refractivity contribution >= 4 is 10.8 Å². The summed E-state index contributed by atoms with van der Waals surface area (Å²) in [7, 11) is 0. The third-order valence-electron chi connectivity index (χ3n) is 3.81. The Morgan fingerprint density at radius 3 is 2.50 bits per heavy atom. The smallest absolute Gasteiger partial charge is 0.247 e. The predicted molar refractivity (Wildman–Crippen MR) is 92.9 cm³/mol. The summed E-state index contributed by atoms with van der Waals surface area (Å²) in [6.45, 7) is 0.491. The van der Waals surface area contributed by atoms with Crippen LogP contribution in [0.2, 0.25) is 0 Å². The Balaban J connectivity index is 1.43. The molecular weight excluding hydrogens is 300 g/mol. The molecule has 0 amide bonds. The van der Waals surface area contributed by atoms with Gasteiger partial charge in [0.25, 0.3) is 0 Å². The fraction of sp³-hybridized carbons (Fsp3) is 0.100. The molecular formula is C20H16N2O2. The van der Waals surface area contributed by atoms with Crippen LogP contribution in [0, 0.1) is 0 Å². The first-order chi connectivity index (χ1) is 11.9. The van der Waals surface area contributed by atoms with Crippen LogP contribution in [0.15, 0.2) is 77.2 Å². The summed E-state index contributed by atoms with van der Waals surface area (Å²) >= 11 is 0. The molecule has 3 aromatic carbocycles. The van der Waals surface area contributed by atoms with Crippen molar-refractivity contribution in [3.05, 3.63) is 78.7 Å². The summed E-state index contributed by atoms with van der Waals surface area (Å²) in [5.74, 6) is 1.99. The van der Waals surface area contributed by atoms with Crippen LogP contribution >= 0.6 is 0 Å². The van der Waals surface area contributed by atoms with Crippen LogP contribution in [0.25, 0.3) is 22.2 Å². The van der Waals surface area contributed by atoms with E-state index in [1.165, 1.54) is 5.39 Å². The van der Waals surface area contributed by atoms with E-state index in [2.05, 4.69) is 28.4 Å². The lowest BCUT2D eigenvalue weighted by Crippen LogP contribution is -2.02. The summed E-state index contributed by atoms with van der Waals surface area (Å²) in [5.41, 5.74) is 0.922. The van der Waals surface area contributed by atoms with Crippen LogP contribution in [-0.4, -0.2) is 16.8 Å². The minimum Gasteiger partial charge on any atom is -0.492 e. The SMILES string of the molecule is c1ccc(-c2nnc(CCOc3cccc4ccccc34)o2)cc1. The van der Waals surface area contributed by atoms with Crippen molar-refractivity contribution < 1.29 is 9.15 Å². The van der Waals surface area contributed by atoms with E-state index in [-0.39, 0.29) is 0 Å². The lowest BCUT2D eigenvalue weighted by molar-refractivity contribution is 0.310. The van der Waals surface area contributed by atoms with Gasteiger partial charge in [0.2, 0.25) is 11.8 Å². The van der Waals surface area contributed by atoms with Crippen molar-refractivity contribution in [1.29, 1.82) is 0 Å². The molecule has 4 nitrogen and oxygen atoms in total. The zero-order valence-corrected chi connectivity index (χ0v) is 13.1. The Hall–Kier alpha value is -3.14. The number of rotatable bonds is 5. The number of nitrogens with zero attached hydrogens (tertiary/aromatic N) is 2. The van der Waals surface area contributed by atoms with Crippen molar-refractivity contribution in [2.24, 2.45) is 0 Å². The second-order valence-electron chi connectivity index (χ2n) is 5.44. The number of benzene rings is 3. The van der Waals surface area contributed by atoms with Crippen LogP contribution in [0.3, 0.4) is 0 Å². The molecule has 4 heteroatoms. The van der Waals surface area contributed by atoms with E-state index in [0.29, 0.717) is 24.8 Å². The van der Waals surface area contributed by atoms with Crippen LogP contribution < -0.4 is 4.74 Å². The quantitative estimate of drug-likeness (QED) is 0.543. The van der Waals surface area contributed by atoms with Gasteiger partial charge in [0.05, 0.1) is 13.0 Å². The number of hydrogen-bond acceptors (Lipinski definition) is 4. The van der Waals surface area contributed by atoms with Crippen molar-refractivity contribution in [2.75, 3.05) is 6.61 Å². The second kappa shape index (κ2) is 6.54. The Bertz CT molecular complexity index is 943. The van der Waals surface area contributed by atoms with Gasteiger partial charge >= 0.3 is 0 Å². The molecule has 0 bridgehead atoms. The monoisotopic (exact) mass is 316 g/mol. The van der Waals surface area contributed by atoms with Gasteiger partial charge in [0, 0.05) is 10.9 Å². The summed E-state index contributed by atoms with van der Waals surface area (Å²) in [6.07, 6.45) is 0.572. The first-order valence-corrected chi connectivity index (χ1v) is 7.88. The van der Waals surface area contributed by atoms with Gasteiger partial charge in [0.15, 0.2) is 0 Å². The molecule has 0 aliphatic heterocycles. The maximum absolute atomic E-state index is 5.91. The summed E-state index contributed by atoms with van der Waals surface area (Å²) in [6, 6.07) is 24.0. The van der Waals surface area contributed by atoms with Gasteiger partial charge in [0.1, 0.15) is 5.75 Å². The summed E-state index contributed by atoms with van der Waals surface area (Å²) in [4.78, 5) is 0. The number of ether oxygens (including phenoxy) is 1. The zero-order valence-electron chi connectivity index (χ0n) is 13.1. The topological polar surface area (TPSA) is 48.2 Å². The standard InChI is InChI=1S/C20H16N2O2/c1-2-8-16(9-3-1)20-22-21-19(24-20)13-14-23-18-12-6-10-15-7-4-5-11-17(15)18/h1-12H,13-14H2. The minimum atomic E-state index is 0.491. The molecule has 4 aromatic rings. The molecule has 0 unspecified atom stereocenters. The van der Waals surface area contributed by atoms with Crippen molar-refractivity contribution in [1.82, 2.24) is 10.2 Å². The highest BCUT2D eigenvalue weighted by Gasteiger charge is 2.08. The molecule has 0 radical (unpaired) electrons. The Morgan fingerprint density at radius 1 is 0.792 bits per heavy atom. The van der Waals surface area contributed by atoms with Gasteiger partial charge in [-0.05, 0) is 23.6 Å². The molecule has 0 fully saturated rings. The van der Waals surface area contributed by atoms with E-state index >= 15 is 0 Å². The summed E-state index contributed by atoms with van der Waals surface area (Å²) < 4.78 is 11.6. The van der Waals surface area contributed by atoms with E-state index in [4.69, 9.17) is 9.15 Å². The predicted octanol–water partition coefficient (Wildman–Crippen LogP) is 4.51. The van der Waals surface area contributed by atoms with Crippen LogP contribution in [0.5, 0.6) is 5.75 Å². The Labute approximate surface area is 139 Å². The fourth-order valence-corrected chi connectivity index (χ4v) is 2.62. The fourth-order valence-electron chi connectivity index (χ4n) is 2.62. The molecule has 0 N–H and O–H groups in total. The number of aromatic nitrogens is 2. The van der Waals surface area contributed by atoms with Gasteiger partial charge in [-0.2, -0.15) is 0 Å². The lowest BCUT2D eigenvalue weighted by atomic mass is 10.1. The van der Waals surface area contributed by atoms with E-state index in [9.17, 15) is 0 Å². The van der Waals surface area contributed by atoms with Crippen molar-refractivity contribution in [3.63, 3.8) is 0 Å². The minimum absolute atomic E-state index is 0.491. The molecule has 0 spiro atoms. The number of fused-ring (bicyclic) bond motifs is 1. The molecule has 118 valence electrons. The molecule has 4 rings (SSSR count). The molecule has 0 atom stereocenters. The van der Waals surface area contributed by atoms with Crippen LogP contribution in [0.1, 0.15) is 5.89 Å². The van der Waals surface area contributed by atoms with Gasteiger partial charge in [-0.1, -0.05) is 54.6 Å². The molecule has 0 aliphatic rings. The average Bonchev–Trinajstić information content (AvgIpc) is 3.12. The lowest BCUT2D eigenvalue weighted by Gasteiger charge is -2.08. The third kappa shape index (κ3) is 2.99. The van der Waals surface area contributed by atoms with Crippen molar-refractivity contribution in [3.8, 4) is 17.2 Å². The Kier molecular flexibility index (Phi) is 3.94. The Morgan fingerprint density at radius 2 is 1.58 bits per heavy atom. The highest BCUT2D eigenvalue weighted by Crippen LogP contribution is 2.25. The second-order valence-corrected chi connectivity index (χ2v) is 5.44. The maximum Gasteiger partial charge on any atom is 0.247 e. The van der Waals surface area contributed by atoms with E-state index < -0.39 is 0 Å². The van der Waals surface area contributed by atoms with E-state index in [0.717, 1.165) is 16.7 Å². The van der Waals surface area contributed by atoms with Gasteiger partial charge in [-0.15, -0.1) is 10.2 Å². The molecule has 1 heterocycles. The van der Waals surface area contributed by atoms with Crippen LogP contribution in [-0.2, 0) is 6.42 Å². The van der Waals surface area contributed by atoms with Gasteiger partial charge < -0.3 is 9.15 Å². The first-order valence-electron chi connectivity index (χ1n) is 7.88. The summed E-state index contributed by atoms with van der Waals surface area (Å²) in [5, 5.41) is 10.5. The van der Waals surface area contributed by atoms with Gasteiger partial charge in [-0.3, -0.25) is 0 Å². The van der Waals surface area contributed by atoms with Crippen molar-refractivity contribution in [2.45, 2.75) is 6.42 Å². The molecule has 0 saturated carbocycles. The molecule has 0 aliphatic carbocycles. The molecule has 0 saturated heterocycles. The average molecular weight is 316 g/mol. The number of hydrogen-bond donors (Lipinski definition) is 0. The highest BCUT2D eigenvalue weighted by atomic mass is 16.5. The largest absolute Gasteiger partial charge is 0.492 e. The highest BCUT2D eigenvalue weighted by molar-refractivity contribution is 5.88. The molecule has 24 heavy (non-hydrogen) atoms. The van der Waals surface area contributed by atoms with E-state index in [1.54, 1.807) is 0 Å². The van der Waals surface area contributed by atoms with Crippen LogP contribution in [0.4, 0.5) is 0 Å². The maximum atomic E-state index is 5.91.